The van der Waals surface area contributed by atoms with Crippen molar-refractivity contribution in [3.63, 3.8) is 0 Å². The second kappa shape index (κ2) is 2.10. The standard InChI is InChI=1S/C9H12O2/c1-2-9(7-3-4-7)6-5-8(10)11-9/h2,7H,1,3-6H2. The summed E-state index contributed by atoms with van der Waals surface area (Å²) in [6, 6.07) is 0. The Balaban J connectivity index is 2.16. The summed E-state index contributed by atoms with van der Waals surface area (Å²) in [4.78, 5) is 10.9. The van der Waals surface area contributed by atoms with Gasteiger partial charge in [-0.25, -0.2) is 0 Å². The fourth-order valence-electron chi connectivity index (χ4n) is 1.78. The van der Waals surface area contributed by atoms with E-state index in [9.17, 15) is 4.79 Å². The van der Waals surface area contributed by atoms with E-state index in [2.05, 4.69) is 6.58 Å². The predicted octanol–water partition coefficient (Wildman–Crippen LogP) is 1.66. The van der Waals surface area contributed by atoms with Crippen LogP contribution in [0.25, 0.3) is 0 Å². The Morgan fingerprint density at radius 2 is 2.36 bits per heavy atom. The molecule has 2 fully saturated rings. The van der Waals surface area contributed by atoms with Crippen LogP contribution in [0.15, 0.2) is 12.7 Å². The van der Waals surface area contributed by atoms with Gasteiger partial charge in [-0.15, -0.1) is 0 Å². The zero-order chi connectivity index (χ0) is 7.90. The lowest BCUT2D eigenvalue weighted by molar-refractivity contribution is -0.146. The lowest BCUT2D eigenvalue weighted by atomic mass is 9.94. The highest BCUT2D eigenvalue weighted by atomic mass is 16.6. The number of cyclic esters (lactones) is 1. The molecule has 2 aliphatic rings. The molecule has 0 bridgehead atoms. The summed E-state index contributed by atoms with van der Waals surface area (Å²) in [5, 5.41) is 0. The maximum absolute atomic E-state index is 10.9. The molecule has 1 saturated heterocycles. The number of esters is 1. The van der Waals surface area contributed by atoms with Crippen LogP contribution < -0.4 is 0 Å². The average molecular weight is 152 g/mol. The normalized spacial score (nSPS) is 36.9. The van der Waals surface area contributed by atoms with Gasteiger partial charge in [0.1, 0.15) is 5.60 Å². The molecular formula is C9H12O2. The van der Waals surface area contributed by atoms with Crippen LogP contribution in [0.5, 0.6) is 0 Å². The number of hydrogen-bond acceptors (Lipinski definition) is 2. The van der Waals surface area contributed by atoms with Gasteiger partial charge in [-0.1, -0.05) is 6.58 Å². The highest BCUT2D eigenvalue weighted by molar-refractivity contribution is 5.72. The Morgan fingerprint density at radius 1 is 1.64 bits per heavy atom. The fraction of sp³-hybridized carbons (Fsp3) is 0.667. The number of ether oxygens (including phenoxy) is 1. The van der Waals surface area contributed by atoms with E-state index in [0.717, 1.165) is 6.42 Å². The van der Waals surface area contributed by atoms with E-state index in [0.29, 0.717) is 12.3 Å². The van der Waals surface area contributed by atoms with Crippen molar-refractivity contribution in [2.75, 3.05) is 0 Å². The molecule has 2 heteroatoms. The minimum absolute atomic E-state index is 0.0585. The van der Waals surface area contributed by atoms with Crippen LogP contribution in [0.1, 0.15) is 25.7 Å². The van der Waals surface area contributed by atoms with Crippen molar-refractivity contribution in [2.24, 2.45) is 5.92 Å². The monoisotopic (exact) mass is 152 g/mol. The van der Waals surface area contributed by atoms with Crippen molar-refractivity contribution < 1.29 is 9.53 Å². The number of rotatable bonds is 2. The van der Waals surface area contributed by atoms with Gasteiger partial charge >= 0.3 is 5.97 Å². The predicted molar refractivity (Wildman–Crippen MR) is 41.0 cm³/mol. The summed E-state index contributed by atoms with van der Waals surface area (Å²) in [6.45, 7) is 3.73. The Bertz CT molecular complexity index is 206. The van der Waals surface area contributed by atoms with E-state index in [-0.39, 0.29) is 11.6 Å². The van der Waals surface area contributed by atoms with Crippen molar-refractivity contribution in [3.8, 4) is 0 Å². The first-order valence-electron chi connectivity index (χ1n) is 4.12. The van der Waals surface area contributed by atoms with E-state index in [1.54, 1.807) is 0 Å². The van der Waals surface area contributed by atoms with Crippen molar-refractivity contribution in [1.82, 2.24) is 0 Å². The van der Waals surface area contributed by atoms with Gasteiger partial charge < -0.3 is 4.74 Å². The minimum Gasteiger partial charge on any atom is -0.454 e. The van der Waals surface area contributed by atoms with Crippen LogP contribution in [0, 0.1) is 5.92 Å². The molecule has 2 rings (SSSR count). The third-order valence-electron chi connectivity index (χ3n) is 2.64. The molecule has 1 heterocycles. The maximum atomic E-state index is 10.9. The lowest BCUT2D eigenvalue weighted by Crippen LogP contribution is -2.27. The summed E-state index contributed by atoms with van der Waals surface area (Å²) in [5.41, 5.74) is -0.267. The quantitative estimate of drug-likeness (QED) is 0.444. The summed E-state index contributed by atoms with van der Waals surface area (Å²) < 4.78 is 5.27. The summed E-state index contributed by atoms with van der Waals surface area (Å²) in [6.07, 6.45) is 5.62. The zero-order valence-electron chi connectivity index (χ0n) is 6.51. The third kappa shape index (κ3) is 0.971. The highest BCUT2D eigenvalue weighted by Crippen LogP contribution is 2.47. The summed E-state index contributed by atoms with van der Waals surface area (Å²) >= 11 is 0. The van der Waals surface area contributed by atoms with Crippen LogP contribution in [0.4, 0.5) is 0 Å². The van der Waals surface area contributed by atoms with Gasteiger partial charge in [0.15, 0.2) is 0 Å². The molecule has 0 spiro atoms. The Kier molecular flexibility index (Phi) is 1.31. The lowest BCUT2D eigenvalue weighted by Gasteiger charge is -2.22. The Hall–Kier alpha value is -0.790. The maximum Gasteiger partial charge on any atom is 0.306 e. The van der Waals surface area contributed by atoms with Crippen LogP contribution in [-0.2, 0) is 9.53 Å². The molecule has 1 aliphatic heterocycles. The first kappa shape index (κ1) is 6.89. The molecule has 0 aromatic heterocycles. The molecule has 0 radical (unpaired) electrons. The smallest absolute Gasteiger partial charge is 0.306 e. The minimum atomic E-state index is -0.267. The Labute approximate surface area is 66.2 Å². The van der Waals surface area contributed by atoms with Gasteiger partial charge in [0.2, 0.25) is 0 Å². The van der Waals surface area contributed by atoms with Gasteiger partial charge in [0, 0.05) is 18.8 Å². The van der Waals surface area contributed by atoms with Crippen LogP contribution in [0.2, 0.25) is 0 Å². The molecular weight excluding hydrogens is 140 g/mol. The molecule has 0 aromatic rings. The largest absolute Gasteiger partial charge is 0.454 e. The van der Waals surface area contributed by atoms with E-state index in [4.69, 9.17) is 4.74 Å². The number of carbonyl (C=O) groups excluding carboxylic acids is 1. The van der Waals surface area contributed by atoms with Crippen LogP contribution in [-0.4, -0.2) is 11.6 Å². The fourth-order valence-corrected chi connectivity index (χ4v) is 1.78. The van der Waals surface area contributed by atoms with Gasteiger partial charge in [0.05, 0.1) is 0 Å². The Morgan fingerprint density at radius 3 is 2.73 bits per heavy atom. The molecule has 1 unspecified atom stereocenters. The summed E-state index contributed by atoms with van der Waals surface area (Å²) in [5.74, 6) is 0.517. The van der Waals surface area contributed by atoms with Gasteiger partial charge in [-0.2, -0.15) is 0 Å². The second-order valence-electron chi connectivity index (χ2n) is 3.41. The van der Waals surface area contributed by atoms with E-state index in [1.165, 1.54) is 12.8 Å². The van der Waals surface area contributed by atoms with E-state index >= 15 is 0 Å². The number of hydrogen-bond donors (Lipinski definition) is 0. The van der Waals surface area contributed by atoms with Crippen molar-refractivity contribution in [1.29, 1.82) is 0 Å². The first-order chi connectivity index (χ1) is 5.27. The zero-order valence-corrected chi connectivity index (χ0v) is 6.51. The SMILES string of the molecule is C=CC1(C2CC2)CCC(=O)O1. The van der Waals surface area contributed by atoms with Gasteiger partial charge in [-0.05, 0) is 18.9 Å². The summed E-state index contributed by atoms with van der Waals surface area (Å²) in [7, 11) is 0. The molecule has 0 amide bonds. The molecule has 0 N–H and O–H groups in total. The van der Waals surface area contributed by atoms with Gasteiger partial charge in [-0.3, -0.25) is 4.79 Å². The van der Waals surface area contributed by atoms with Crippen molar-refractivity contribution in [3.05, 3.63) is 12.7 Å². The van der Waals surface area contributed by atoms with E-state index < -0.39 is 0 Å². The van der Waals surface area contributed by atoms with Crippen molar-refractivity contribution >= 4 is 5.97 Å². The molecule has 1 atom stereocenters. The highest BCUT2D eigenvalue weighted by Gasteiger charge is 2.49. The molecule has 60 valence electrons. The average Bonchev–Trinajstić information content (AvgIpc) is 2.77. The van der Waals surface area contributed by atoms with Crippen LogP contribution >= 0.6 is 0 Å². The van der Waals surface area contributed by atoms with E-state index in [1.807, 2.05) is 6.08 Å². The molecule has 0 aromatic carbocycles. The van der Waals surface area contributed by atoms with Crippen LogP contribution in [0.3, 0.4) is 0 Å². The molecule has 11 heavy (non-hydrogen) atoms. The third-order valence-corrected chi connectivity index (χ3v) is 2.64. The second-order valence-corrected chi connectivity index (χ2v) is 3.41. The molecule has 1 aliphatic carbocycles. The molecule has 1 saturated carbocycles. The van der Waals surface area contributed by atoms with Gasteiger partial charge in [0.25, 0.3) is 0 Å². The molecule has 2 nitrogen and oxygen atoms in total. The first-order valence-corrected chi connectivity index (χ1v) is 4.12. The topological polar surface area (TPSA) is 26.3 Å². The van der Waals surface area contributed by atoms with Crippen molar-refractivity contribution in [2.45, 2.75) is 31.3 Å². The number of carbonyl (C=O) groups is 1.